The first-order valence-corrected chi connectivity index (χ1v) is 17.8. The third-order valence-corrected chi connectivity index (χ3v) is 8.16. The summed E-state index contributed by atoms with van der Waals surface area (Å²) in [6.07, 6.45) is 41.6. The van der Waals surface area contributed by atoms with E-state index in [0.29, 0.717) is 6.42 Å². The summed E-state index contributed by atoms with van der Waals surface area (Å²) < 4.78 is 5.04. The van der Waals surface area contributed by atoms with E-state index in [9.17, 15) is 9.59 Å². The van der Waals surface area contributed by atoms with Crippen molar-refractivity contribution in [2.75, 3.05) is 6.61 Å². The molecule has 0 aliphatic rings. The fraction of sp³-hybridized carbons (Fsp3) is 0.838. The topological polar surface area (TPSA) is 63.6 Å². The second-order valence-electron chi connectivity index (χ2n) is 12.2. The molecule has 0 saturated carbocycles. The molecule has 240 valence electrons. The van der Waals surface area contributed by atoms with E-state index in [1.54, 1.807) is 0 Å². The molecule has 0 spiro atoms. The normalized spacial score (nSPS) is 12.1. The molecule has 1 unspecified atom stereocenters. The van der Waals surface area contributed by atoms with Crippen molar-refractivity contribution in [3.8, 4) is 0 Å². The highest BCUT2D eigenvalue weighted by atomic mass is 16.5. The van der Waals surface area contributed by atoms with Gasteiger partial charge in [0.05, 0.1) is 12.3 Å². The maximum atomic E-state index is 12.0. The van der Waals surface area contributed by atoms with Crippen LogP contribution in [-0.2, 0) is 14.3 Å². The standard InChI is InChI=1S/C37H68O4/c1-3-5-6-7-8-9-10-11-12-13-14-15-16-17-18-19-20-21-22-23-24-25-26-27-28-29-30-31-32-35(34-36(38)39)37(40)41-33-4-2/h4,26-27,35H,2-3,5-25,28-34H2,1H3,(H,38,39)/b27-26+. The van der Waals surface area contributed by atoms with Crippen LogP contribution in [-0.4, -0.2) is 23.7 Å². The van der Waals surface area contributed by atoms with Crippen LogP contribution in [0.3, 0.4) is 0 Å². The lowest BCUT2D eigenvalue weighted by molar-refractivity contribution is -0.152. The number of carboxylic acid groups (broad SMARTS) is 1. The Morgan fingerprint density at radius 3 is 1.34 bits per heavy atom. The van der Waals surface area contributed by atoms with Gasteiger partial charge in [-0.25, -0.2) is 0 Å². The van der Waals surface area contributed by atoms with Gasteiger partial charge in [0.25, 0.3) is 0 Å². The van der Waals surface area contributed by atoms with Crippen LogP contribution >= 0.6 is 0 Å². The molecule has 1 atom stereocenters. The van der Waals surface area contributed by atoms with Crippen LogP contribution in [0.25, 0.3) is 0 Å². The number of carbonyl (C=O) groups is 2. The molecule has 0 aromatic carbocycles. The molecule has 0 aliphatic heterocycles. The predicted molar refractivity (Wildman–Crippen MR) is 176 cm³/mol. The second kappa shape index (κ2) is 32.9. The fourth-order valence-corrected chi connectivity index (χ4v) is 5.53. The molecule has 0 fully saturated rings. The molecule has 4 heteroatoms. The number of hydrogen-bond donors (Lipinski definition) is 1. The van der Waals surface area contributed by atoms with Crippen molar-refractivity contribution >= 4 is 11.9 Å². The predicted octanol–water partition coefficient (Wildman–Crippen LogP) is 11.9. The summed E-state index contributed by atoms with van der Waals surface area (Å²) in [5.41, 5.74) is 0. The van der Waals surface area contributed by atoms with E-state index in [1.807, 2.05) is 0 Å². The molecule has 0 rings (SSSR count). The number of carbonyl (C=O) groups excluding carboxylic acids is 1. The van der Waals surface area contributed by atoms with Gasteiger partial charge in [-0.05, 0) is 32.1 Å². The summed E-state index contributed by atoms with van der Waals surface area (Å²) in [5, 5.41) is 9.03. The molecule has 0 aliphatic carbocycles. The number of rotatable bonds is 33. The van der Waals surface area contributed by atoms with Crippen LogP contribution in [0.15, 0.2) is 24.8 Å². The SMILES string of the molecule is C=CCOC(=O)C(CCCCC/C=C/CCCCCCCCCCCCCCCCCCCCCCC)CC(=O)O. The number of ether oxygens (including phenoxy) is 1. The van der Waals surface area contributed by atoms with E-state index >= 15 is 0 Å². The molecule has 0 heterocycles. The summed E-state index contributed by atoms with van der Waals surface area (Å²) in [5.74, 6) is -1.92. The van der Waals surface area contributed by atoms with E-state index in [-0.39, 0.29) is 13.0 Å². The van der Waals surface area contributed by atoms with Crippen LogP contribution in [0, 0.1) is 5.92 Å². The molecular formula is C37H68O4. The number of carboxylic acids is 1. The van der Waals surface area contributed by atoms with Crippen molar-refractivity contribution in [1.29, 1.82) is 0 Å². The van der Waals surface area contributed by atoms with Crippen molar-refractivity contribution in [2.24, 2.45) is 5.92 Å². The summed E-state index contributed by atoms with van der Waals surface area (Å²) in [4.78, 5) is 23.0. The average Bonchev–Trinajstić information content (AvgIpc) is 2.96. The molecule has 0 aromatic rings. The molecule has 0 aromatic heterocycles. The summed E-state index contributed by atoms with van der Waals surface area (Å²) in [6.45, 7) is 5.95. The molecule has 0 radical (unpaired) electrons. The Morgan fingerprint density at radius 1 is 0.610 bits per heavy atom. The largest absolute Gasteiger partial charge is 0.481 e. The molecule has 1 N–H and O–H groups in total. The van der Waals surface area contributed by atoms with Gasteiger partial charge in [0.1, 0.15) is 6.61 Å². The fourth-order valence-electron chi connectivity index (χ4n) is 5.53. The first kappa shape index (κ1) is 39.4. The van der Waals surface area contributed by atoms with Crippen LogP contribution < -0.4 is 0 Å². The number of allylic oxidation sites excluding steroid dienone is 2. The van der Waals surface area contributed by atoms with Gasteiger partial charge in [0.15, 0.2) is 0 Å². The lowest BCUT2D eigenvalue weighted by atomic mass is 9.97. The lowest BCUT2D eigenvalue weighted by Crippen LogP contribution is -2.21. The van der Waals surface area contributed by atoms with Crippen LogP contribution in [0.2, 0.25) is 0 Å². The van der Waals surface area contributed by atoms with Gasteiger partial charge in [-0.15, -0.1) is 0 Å². The maximum absolute atomic E-state index is 12.0. The quantitative estimate of drug-likeness (QED) is 0.0479. The number of esters is 1. The Bertz CT molecular complexity index is 612. The summed E-state index contributed by atoms with van der Waals surface area (Å²) in [6, 6.07) is 0. The first-order valence-electron chi connectivity index (χ1n) is 17.8. The van der Waals surface area contributed by atoms with E-state index in [1.165, 1.54) is 147 Å². The zero-order valence-electron chi connectivity index (χ0n) is 27.2. The Kier molecular flexibility index (Phi) is 31.7. The van der Waals surface area contributed by atoms with Gasteiger partial charge < -0.3 is 9.84 Å². The minimum atomic E-state index is -0.950. The Labute approximate surface area is 255 Å². The van der Waals surface area contributed by atoms with Gasteiger partial charge >= 0.3 is 11.9 Å². The van der Waals surface area contributed by atoms with Gasteiger partial charge in [-0.1, -0.05) is 173 Å². The zero-order valence-corrected chi connectivity index (χ0v) is 27.2. The highest BCUT2D eigenvalue weighted by Gasteiger charge is 2.22. The molecule has 41 heavy (non-hydrogen) atoms. The number of aliphatic carboxylic acids is 1. The third kappa shape index (κ3) is 31.2. The summed E-state index contributed by atoms with van der Waals surface area (Å²) in [7, 11) is 0. The lowest BCUT2D eigenvalue weighted by Gasteiger charge is -2.13. The Morgan fingerprint density at radius 2 is 0.976 bits per heavy atom. The van der Waals surface area contributed by atoms with E-state index in [0.717, 1.165) is 25.7 Å². The van der Waals surface area contributed by atoms with Crippen molar-refractivity contribution < 1.29 is 19.4 Å². The van der Waals surface area contributed by atoms with Crippen LogP contribution in [0.5, 0.6) is 0 Å². The van der Waals surface area contributed by atoms with E-state index in [2.05, 4.69) is 25.7 Å². The minimum absolute atomic E-state index is 0.138. The van der Waals surface area contributed by atoms with E-state index < -0.39 is 17.9 Å². The molecule has 4 nitrogen and oxygen atoms in total. The highest BCUT2D eigenvalue weighted by molar-refractivity contribution is 5.79. The monoisotopic (exact) mass is 577 g/mol. The van der Waals surface area contributed by atoms with E-state index in [4.69, 9.17) is 9.84 Å². The van der Waals surface area contributed by atoms with Crippen molar-refractivity contribution in [1.82, 2.24) is 0 Å². The minimum Gasteiger partial charge on any atom is -0.481 e. The molecular weight excluding hydrogens is 508 g/mol. The smallest absolute Gasteiger partial charge is 0.309 e. The zero-order chi connectivity index (χ0) is 30.1. The average molecular weight is 577 g/mol. The second-order valence-corrected chi connectivity index (χ2v) is 12.2. The van der Waals surface area contributed by atoms with Crippen molar-refractivity contribution in [3.63, 3.8) is 0 Å². The summed E-state index contributed by atoms with van der Waals surface area (Å²) >= 11 is 0. The highest BCUT2D eigenvalue weighted by Crippen LogP contribution is 2.18. The van der Waals surface area contributed by atoms with Crippen LogP contribution in [0.4, 0.5) is 0 Å². The molecule has 0 saturated heterocycles. The Balaban J connectivity index is 3.35. The first-order chi connectivity index (χ1) is 20.1. The number of unbranched alkanes of at least 4 members (excludes halogenated alkanes) is 24. The Hall–Kier alpha value is -1.58. The van der Waals surface area contributed by atoms with Gasteiger partial charge in [0, 0.05) is 0 Å². The van der Waals surface area contributed by atoms with Crippen LogP contribution in [0.1, 0.15) is 187 Å². The van der Waals surface area contributed by atoms with Gasteiger partial charge in [-0.2, -0.15) is 0 Å². The van der Waals surface area contributed by atoms with Gasteiger partial charge in [-0.3, -0.25) is 9.59 Å². The van der Waals surface area contributed by atoms with Crippen molar-refractivity contribution in [3.05, 3.63) is 24.8 Å². The third-order valence-electron chi connectivity index (χ3n) is 8.16. The molecule has 0 bridgehead atoms. The maximum Gasteiger partial charge on any atom is 0.309 e. The molecule has 0 amide bonds. The number of hydrogen-bond acceptors (Lipinski definition) is 3. The van der Waals surface area contributed by atoms with Crippen molar-refractivity contribution in [2.45, 2.75) is 187 Å². The van der Waals surface area contributed by atoms with Gasteiger partial charge in [0.2, 0.25) is 0 Å².